The third-order valence-electron chi connectivity index (χ3n) is 4.85. The van der Waals surface area contributed by atoms with Crippen LogP contribution in [0.15, 0.2) is 29.0 Å². The number of aromatic nitrogens is 3. The summed E-state index contributed by atoms with van der Waals surface area (Å²) < 4.78 is 5.35. The van der Waals surface area contributed by atoms with Crippen LogP contribution in [-0.2, 0) is 13.0 Å². The first kappa shape index (κ1) is 18.0. The molecule has 0 radical (unpaired) electrons. The Morgan fingerprint density at radius 3 is 2.96 bits per heavy atom. The fourth-order valence-corrected chi connectivity index (χ4v) is 3.79. The second kappa shape index (κ2) is 8.06. The van der Waals surface area contributed by atoms with Crippen LogP contribution in [0, 0.1) is 11.8 Å². The highest BCUT2D eigenvalue weighted by molar-refractivity contribution is 5.17. The molecule has 2 aromatic rings. The van der Waals surface area contributed by atoms with Crippen molar-refractivity contribution in [3.05, 3.63) is 41.8 Å². The molecule has 6 heteroatoms. The topological polar surface area (TPSA) is 58.3 Å². The van der Waals surface area contributed by atoms with Gasteiger partial charge in [-0.15, -0.1) is 0 Å². The van der Waals surface area contributed by atoms with Crippen molar-refractivity contribution in [2.45, 2.75) is 39.3 Å². The third kappa shape index (κ3) is 4.64. The fourth-order valence-electron chi connectivity index (χ4n) is 3.79. The maximum Gasteiger partial charge on any atom is 0.226 e. The number of pyridine rings is 1. The van der Waals surface area contributed by atoms with Gasteiger partial charge in [0.25, 0.3) is 0 Å². The first-order valence-corrected chi connectivity index (χ1v) is 9.13. The molecule has 1 saturated heterocycles. The van der Waals surface area contributed by atoms with Gasteiger partial charge in [0, 0.05) is 31.4 Å². The summed E-state index contributed by atoms with van der Waals surface area (Å²) in [7, 11) is 4.34. The Bertz CT molecular complexity index is 657. The Labute approximate surface area is 150 Å². The Morgan fingerprint density at radius 2 is 2.24 bits per heavy atom. The van der Waals surface area contributed by atoms with Crippen LogP contribution in [0.5, 0.6) is 0 Å². The number of likely N-dealkylation sites (tertiary alicyclic amines) is 1. The van der Waals surface area contributed by atoms with Crippen molar-refractivity contribution in [3.63, 3.8) is 0 Å². The van der Waals surface area contributed by atoms with E-state index in [4.69, 9.17) is 4.52 Å². The number of hydrogen-bond donors (Lipinski definition) is 0. The van der Waals surface area contributed by atoms with E-state index in [1.807, 2.05) is 18.5 Å². The summed E-state index contributed by atoms with van der Waals surface area (Å²) >= 11 is 0. The summed E-state index contributed by atoms with van der Waals surface area (Å²) in [5, 5.41) is 4.13. The van der Waals surface area contributed by atoms with Gasteiger partial charge in [-0.3, -0.25) is 14.8 Å². The summed E-state index contributed by atoms with van der Waals surface area (Å²) in [4.78, 5) is 13.6. The lowest BCUT2D eigenvalue weighted by Crippen LogP contribution is -2.30. The zero-order chi connectivity index (χ0) is 17.8. The first-order valence-electron chi connectivity index (χ1n) is 9.13. The van der Waals surface area contributed by atoms with Gasteiger partial charge in [0.1, 0.15) is 0 Å². The van der Waals surface area contributed by atoms with Crippen LogP contribution < -0.4 is 0 Å². The molecule has 25 heavy (non-hydrogen) atoms. The summed E-state index contributed by atoms with van der Waals surface area (Å²) in [5.41, 5.74) is 1.31. The highest BCUT2D eigenvalue weighted by atomic mass is 16.5. The molecule has 6 nitrogen and oxygen atoms in total. The maximum absolute atomic E-state index is 5.35. The largest absolute Gasteiger partial charge is 0.339 e. The van der Waals surface area contributed by atoms with Crippen molar-refractivity contribution in [1.82, 2.24) is 24.9 Å². The molecule has 2 atom stereocenters. The molecular weight excluding hydrogens is 314 g/mol. The molecule has 0 aliphatic carbocycles. The van der Waals surface area contributed by atoms with E-state index < -0.39 is 0 Å². The summed E-state index contributed by atoms with van der Waals surface area (Å²) in [6.45, 7) is 7.18. The van der Waals surface area contributed by atoms with Crippen molar-refractivity contribution in [2.75, 3.05) is 27.2 Å². The normalized spacial score (nSPS) is 21.5. The zero-order valence-electron chi connectivity index (χ0n) is 15.7. The minimum atomic E-state index is 0.429. The minimum Gasteiger partial charge on any atom is -0.339 e. The zero-order valence-corrected chi connectivity index (χ0v) is 15.7. The predicted octanol–water partition coefficient (Wildman–Crippen LogP) is 2.79. The molecule has 1 fully saturated rings. The lowest BCUT2D eigenvalue weighted by Gasteiger charge is -2.28. The summed E-state index contributed by atoms with van der Waals surface area (Å²) in [6, 6.07) is 4.64. The maximum atomic E-state index is 5.35. The van der Waals surface area contributed by atoms with Gasteiger partial charge in [0.2, 0.25) is 5.89 Å². The fraction of sp³-hybridized carbons (Fsp3) is 0.632. The first-order chi connectivity index (χ1) is 12.0. The van der Waals surface area contributed by atoms with Crippen molar-refractivity contribution in [1.29, 1.82) is 0 Å². The van der Waals surface area contributed by atoms with Crippen LogP contribution in [-0.4, -0.2) is 52.1 Å². The van der Waals surface area contributed by atoms with Crippen molar-refractivity contribution in [2.24, 2.45) is 11.8 Å². The van der Waals surface area contributed by atoms with E-state index in [0.29, 0.717) is 17.9 Å². The Kier molecular flexibility index (Phi) is 5.81. The highest BCUT2D eigenvalue weighted by Crippen LogP contribution is 2.36. The summed E-state index contributed by atoms with van der Waals surface area (Å²) in [5.74, 6) is 2.64. The number of nitrogens with zero attached hydrogens (tertiary/aromatic N) is 5. The molecule has 136 valence electrons. The SMILES string of the molecule is CC(C)Cc1nc(CN(C)C[C@@H]2CCN(C)[C@H]2c2cccnc2)no1. The smallest absolute Gasteiger partial charge is 0.226 e. The predicted molar refractivity (Wildman–Crippen MR) is 96.9 cm³/mol. The average molecular weight is 343 g/mol. The lowest BCUT2D eigenvalue weighted by atomic mass is 9.94. The van der Waals surface area contributed by atoms with E-state index in [-0.39, 0.29) is 0 Å². The van der Waals surface area contributed by atoms with Gasteiger partial charge < -0.3 is 4.52 Å². The molecule has 1 aliphatic rings. The third-order valence-corrected chi connectivity index (χ3v) is 4.85. The van der Waals surface area contributed by atoms with Crippen LogP contribution >= 0.6 is 0 Å². The van der Waals surface area contributed by atoms with Gasteiger partial charge in [-0.25, -0.2) is 0 Å². The van der Waals surface area contributed by atoms with Crippen molar-refractivity contribution >= 4 is 0 Å². The van der Waals surface area contributed by atoms with Crippen LogP contribution in [0.4, 0.5) is 0 Å². The lowest BCUT2D eigenvalue weighted by molar-refractivity contribution is 0.209. The molecule has 3 rings (SSSR count). The second-order valence-corrected chi connectivity index (χ2v) is 7.66. The van der Waals surface area contributed by atoms with Gasteiger partial charge in [0.05, 0.1) is 6.54 Å². The van der Waals surface area contributed by atoms with Gasteiger partial charge in [0.15, 0.2) is 5.82 Å². The molecule has 0 N–H and O–H groups in total. The van der Waals surface area contributed by atoms with Gasteiger partial charge in [-0.05, 0) is 50.5 Å². The quantitative estimate of drug-likeness (QED) is 0.770. The molecule has 0 aromatic carbocycles. The van der Waals surface area contributed by atoms with Crippen LogP contribution in [0.25, 0.3) is 0 Å². The van der Waals surface area contributed by atoms with Gasteiger partial charge in [-0.1, -0.05) is 25.1 Å². The molecule has 0 bridgehead atoms. The van der Waals surface area contributed by atoms with Crippen LogP contribution in [0.2, 0.25) is 0 Å². The Hall–Kier alpha value is -1.79. The van der Waals surface area contributed by atoms with E-state index in [9.17, 15) is 0 Å². The number of hydrogen-bond acceptors (Lipinski definition) is 6. The van der Waals surface area contributed by atoms with Crippen LogP contribution in [0.1, 0.15) is 43.6 Å². The Morgan fingerprint density at radius 1 is 1.40 bits per heavy atom. The van der Waals surface area contributed by atoms with E-state index >= 15 is 0 Å². The van der Waals surface area contributed by atoms with Crippen molar-refractivity contribution < 1.29 is 4.52 Å². The van der Waals surface area contributed by atoms with Crippen LogP contribution in [0.3, 0.4) is 0 Å². The van der Waals surface area contributed by atoms with E-state index in [1.165, 1.54) is 12.0 Å². The Balaban J connectivity index is 1.60. The van der Waals surface area contributed by atoms with E-state index in [0.717, 1.165) is 37.8 Å². The molecule has 0 spiro atoms. The van der Waals surface area contributed by atoms with Crippen molar-refractivity contribution in [3.8, 4) is 0 Å². The molecule has 2 aromatic heterocycles. The molecule has 1 aliphatic heterocycles. The van der Waals surface area contributed by atoms with Gasteiger partial charge >= 0.3 is 0 Å². The second-order valence-electron chi connectivity index (χ2n) is 7.66. The molecule has 0 saturated carbocycles. The molecule has 3 heterocycles. The monoisotopic (exact) mass is 343 g/mol. The molecule has 0 amide bonds. The van der Waals surface area contributed by atoms with E-state index in [2.05, 4.69) is 58.9 Å². The van der Waals surface area contributed by atoms with E-state index in [1.54, 1.807) is 0 Å². The standard InChI is InChI=1S/C19H29N5O/c1-14(2)10-18-21-17(22-25-18)13-23(3)12-16-7-9-24(4)19(16)15-6-5-8-20-11-15/h5-6,8,11,14,16,19H,7,9-10,12-13H2,1-4H3/t16-,19-/m0/s1. The minimum absolute atomic E-state index is 0.429. The molecular formula is C19H29N5O. The molecule has 0 unspecified atom stereocenters. The highest BCUT2D eigenvalue weighted by Gasteiger charge is 2.33. The van der Waals surface area contributed by atoms with Gasteiger partial charge in [-0.2, -0.15) is 4.98 Å². The number of rotatable bonds is 7. The summed E-state index contributed by atoms with van der Waals surface area (Å²) in [6.07, 6.45) is 5.87. The average Bonchev–Trinajstić information content (AvgIpc) is 3.14.